The molecular formula is C20H21FN6O2. The SMILES string of the molecule is COc1ccc(-c2ncnc(N3CCN(C(=O)c4cnn(C)c4)CC3)c2F)cc1. The van der Waals surface area contributed by atoms with Gasteiger partial charge in [0.05, 0.1) is 18.9 Å². The maximum Gasteiger partial charge on any atom is 0.257 e. The average molecular weight is 396 g/mol. The summed E-state index contributed by atoms with van der Waals surface area (Å²) >= 11 is 0. The summed E-state index contributed by atoms with van der Waals surface area (Å²) in [4.78, 5) is 24.4. The first kappa shape index (κ1) is 18.9. The highest BCUT2D eigenvalue weighted by molar-refractivity contribution is 5.93. The first-order chi connectivity index (χ1) is 14.1. The fourth-order valence-corrected chi connectivity index (χ4v) is 3.37. The van der Waals surface area contributed by atoms with Crippen LogP contribution in [0, 0.1) is 5.82 Å². The summed E-state index contributed by atoms with van der Waals surface area (Å²) in [6.07, 6.45) is 4.62. The van der Waals surface area contributed by atoms with Crippen molar-refractivity contribution in [3.8, 4) is 17.0 Å². The molecular weight excluding hydrogens is 375 g/mol. The molecule has 9 heteroatoms. The lowest BCUT2D eigenvalue weighted by molar-refractivity contribution is 0.0746. The van der Waals surface area contributed by atoms with Crippen LogP contribution in [0.4, 0.5) is 10.2 Å². The number of methoxy groups -OCH3 is 1. The molecule has 1 aliphatic rings. The van der Waals surface area contributed by atoms with Gasteiger partial charge in [-0.3, -0.25) is 9.48 Å². The lowest BCUT2D eigenvalue weighted by Crippen LogP contribution is -2.49. The predicted molar refractivity (Wildman–Crippen MR) is 105 cm³/mol. The average Bonchev–Trinajstić information content (AvgIpc) is 3.20. The van der Waals surface area contributed by atoms with Crippen molar-refractivity contribution in [1.29, 1.82) is 0 Å². The van der Waals surface area contributed by atoms with Crippen LogP contribution in [0.2, 0.25) is 0 Å². The molecule has 1 aliphatic heterocycles. The second kappa shape index (κ2) is 7.86. The van der Waals surface area contributed by atoms with E-state index in [1.54, 1.807) is 60.4 Å². The van der Waals surface area contributed by atoms with E-state index in [2.05, 4.69) is 15.1 Å². The van der Waals surface area contributed by atoms with E-state index >= 15 is 4.39 Å². The molecule has 0 aliphatic carbocycles. The Kier molecular flexibility index (Phi) is 5.11. The van der Waals surface area contributed by atoms with E-state index < -0.39 is 5.82 Å². The van der Waals surface area contributed by atoms with Gasteiger partial charge in [-0.15, -0.1) is 0 Å². The van der Waals surface area contributed by atoms with Gasteiger partial charge in [-0.25, -0.2) is 14.4 Å². The minimum absolute atomic E-state index is 0.0696. The van der Waals surface area contributed by atoms with Crippen molar-refractivity contribution in [3.63, 3.8) is 0 Å². The number of hydrogen-bond donors (Lipinski definition) is 0. The van der Waals surface area contributed by atoms with E-state index in [0.717, 1.165) is 0 Å². The molecule has 0 saturated carbocycles. The van der Waals surface area contributed by atoms with Crippen molar-refractivity contribution in [3.05, 3.63) is 54.4 Å². The predicted octanol–water partition coefficient (Wildman–Crippen LogP) is 1.99. The zero-order valence-corrected chi connectivity index (χ0v) is 16.2. The number of piperazine rings is 1. The van der Waals surface area contributed by atoms with Gasteiger partial charge in [0.25, 0.3) is 5.91 Å². The standard InChI is InChI=1S/C20H21FN6O2/c1-25-12-15(11-24-25)20(28)27-9-7-26(8-10-27)19-17(21)18(22-13-23-19)14-3-5-16(29-2)6-4-14/h3-6,11-13H,7-10H2,1-2H3. The van der Waals surface area contributed by atoms with Crippen molar-refractivity contribution in [2.24, 2.45) is 7.05 Å². The Bertz CT molecular complexity index is 1010. The second-order valence-corrected chi connectivity index (χ2v) is 6.77. The van der Waals surface area contributed by atoms with Gasteiger partial charge in [0, 0.05) is 45.0 Å². The Morgan fingerprint density at radius 2 is 1.83 bits per heavy atom. The molecule has 0 unspecified atom stereocenters. The van der Waals surface area contributed by atoms with Gasteiger partial charge in [-0.05, 0) is 24.3 Å². The van der Waals surface area contributed by atoms with Gasteiger partial charge in [-0.1, -0.05) is 0 Å². The second-order valence-electron chi connectivity index (χ2n) is 6.77. The Hall–Kier alpha value is -3.49. The minimum Gasteiger partial charge on any atom is -0.497 e. The van der Waals surface area contributed by atoms with E-state index in [-0.39, 0.29) is 17.4 Å². The van der Waals surface area contributed by atoms with Crippen LogP contribution in [0.3, 0.4) is 0 Å². The van der Waals surface area contributed by atoms with Crippen molar-refractivity contribution in [2.75, 3.05) is 38.2 Å². The molecule has 0 N–H and O–H groups in total. The lowest BCUT2D eigenvalue weighted by Gasteiger charge is -2.35. The molecule has 29 heavy (non-hydrogen) atoms. The Morgan fingerprint density at radius 3 is 2.45 bits per heavy atom. The third-order valence-corrected chi connectivity index (χ3v) is 4.95. The van der Waals surface area contributed by atoms with Gasteiger partial charge in [0.15, 0.2) is 11.6 Å². The van der Waals surface area contributed by atoms with Crippen LogP contribution in [0.15, 0.2) is 43.0 Å². The molecule has 0 bridgehead atoms. The van der Waals surface area contributed by atoms with Gasteiger partial charge in [0.1, 0.15) is 17.8 Å². The molecule has 1 aromatic carbocycles. The number of carbonyl (C=O) groups is 1. The number of nitrogens with zero attached hydrogens (tertiary/aromatic N) is 6. The van der Waals surface area contributed by atoms with Crippen LogP contribution in [0.25, 0.3) is 11.3 Å². The van der Waals surface area contributed by atoms with Gasteiger partial charge in [0.2, 0.25) is 0 Å². The minimum atomic E-state index is -0.468. The maximum absolute atomic E-state index is 15.2. The quantitative estimate of drug-likeness (QED) is 0.671. The number of benzene rings is 1. The Labute approximate surface area is 167 Å². The van der Waals surface area contributed by atoms with Crippen LogP contribution < -0.4 is 9.64 Å². The van der Waals surface area contributed by atoms with E-state index in [0.29, 0.717) is 43.1 Å². The fourth-order valence-electron chi connectivity index (χ4n) is 3.37. The Balaban J connectivity index is 1.49. The zero-order valence-electron chi connectivity index (χ0n) is 16.2. The summed E-state index contributed by atoms with van der Waals surface area (Å²) in [5.41, 5.74) is 1.44. The zero-order chi connectivity index (χ0) is 20.4. The normalized spacial score (nSPS) is 14.2. The van der Waals surface area contributed by atoms with E-state index in [1.165, 1.54) is 6.33 Å². The van der Waals surface area contributed by atoms with E-state index in [1.807, 2.05) is 4.90 Å². The number of carbonyl (C=O) groups excluding carboxylic acids is 1. The first-order valence-corrected chi connectivity index (χ1v) is 9.24. The highest BCUT2D eigenvalue weighted by Gasteiger charge is 2.26. The van der Waals surface area contributed by atoms with Crippen LogP contribution in [0.1, 0.15) is 10.4 Å². The molecule has 0 atom stereocenters. The van der Waals surface area contributed by atoms with Crippen LogP contribution in [-0.4, -0.2) is 63.8 Å². The number of ether oxygens (including phenoxy) is 1. The van der Waals surface area contributed by atoms with Crippen molar-refractivity contribution < 1.29 is 13.9 Å². The molecule has 150 valence electrons. The summed E-state index contributed by atoms with van der Waals surface area (Å²) < 4.78 is 21.9. The Morgan fingerprint density at radius 1 is 1.10 bits per heavy atom. The molecule has 4 rings (SSSR count). The topological polar surface area (TPSA) is 76.4 Å². The maximum atomic E-state index is 15.2. The highest BCUT2D eigenvalue weighted by Crippen LogP contribution is 2.28. The number of amides is 1. The van der Waals surface area contributed by atoms with Crippen molar-refractivity contribution >= 4 is 11.7 Å². The van der Waals surface area contributed by atoms with Crippen LogP contribution >= 0.6 is 0 Å². The molecule has 1 fully saturated rings. The molecule has 1 saturated heterocycles. The highest BCUT2D eigenvalue weighted by atomic mass is 19.1. The van der Waals surface area contributed by atoms with Gasteiger partial charge in [-0.2, -0.15) is 5.10 Å². The fraction of sp³-hybridized carbons (Fsp3) is 0.300. The lowest BCUT2D eigenvalue weighted by atomic mass is 10.1. The third kappa shape index (κ3) is 3.75. The van der Waals surface area contributed by atoms with E-state index in [9.17, 15) is 4.79 Å². The van der Waals surface area contributed by atoms with Crippen LogP contribution in [-0.2, 0) is 7.05 Å². The number of aryl methyl sites for hydroxylation is 1. The summed E-state index contributed by atoms with van der Waals surface area (Å²) in [5.74, 6) is 0.404. The number of hydrogen-bond acceptors (Lipinski definition) is 6. The third-order valence-electron chi connectivity index (χ3n) is 4.95. The summed E-state index contributed by atoms with van der Waals surface area (Å²) in [6, 6.07) is 7.05. The monoisotopic (exact) mass is 396 g/mol. The molecule has 3 aromatic rings. The van der Waals surface area contributed by atoms with Gasteiger partial charge < -0.3 is 14.5 Å². The molecule has 2 aromatic heterocycles. The number of aromatic nitrogens is 4. The van der Waals surface area contributed by atoms with Gasteiger partial charge >= 0.3 is 0 Å². The van der Waals surface area contributed by atoms with Crippen LogP contribution in [0.5, 0.6) is 5.75 Å². The smallest absolute Gasteiger partial charge is 0.257 e. The molecule has 1 amide bonds. The summed E-state index contributed by atoms with van der Waals surface area (Å²) in [5, 5.41) is 4.04. The largest absolute Gasteiger partial charge is 0.497 e. The van der Waals surface area contributed by atoms with Crippen molar-refractivity contribution in [2.45, 2.75) is 0 Å². The molecule has 0 spiro atoms. The van der Waals surface area contributed by atoms with Crippen molar-refractivity contribution in [1.82, 2.24) is 24.6 Å². The number of anilines is 1. The molecule has 0 radical (unpaired) electrons. The summed E-state index contributed by atoms with van der Waals surface area (Å²) in [7, 11) is 3.35. The molecule has 8 nitrogen and oxygen atoms in total. The number of halogens is 1. The summed E-state index contributed by atoms with van der Waals surface area (Å²) in [6.45, 7) is 1.94. The van der Waals surface area contributed by atoms with E-state index in [4.69, 9.17) is 4.74 Å². The number of rotatable bonds is 4. The first-order valence-electron chi connectivity index (χ1n) is 9.24. The molecule has 3 heterocycles.